The van der Waals surface area contributed by atoms with Gasteiger partial charge in [-0.3, -0.25) is 9.69 Å². The summed E-state index contributed by atoms with van der Waals surface area (Å²) >= 11 is 0. The number of aliphatic imine (C=N–C) groups is 1. The van der Waals surface area contributed by atoms with Crippen molar-refractivity contribution in [2.45, 2.75) is 46.2 Å². The second-order valence-corrected chi connectivity index (χ2v) is 10.9. The van der Waals surface area contributed by atoms with Crippen LogP contribution in [0.1, 0.15) is 39.2 Å². The number of hydrogen-bond acceptors (Lipinski definition) is 7. The first-order valence-electron chi connectivity index (χ1n) is 14.1. The lowest BCUT2D eigenvalue weighted by atomic mass is 9.91. The predicted octanol–water partition coefficient (Wildman–Crippen LogP) is 3.87. The molecular weight excluding hydrogens is 516 g/mol. The minimum Gasteiger partial charge on any atom is -0.399 e. The zero-order valence-corrected chi connectivity index (χ0v) is 25.2. The maximum atomic E-state index is 13.6. The average molecular weight is 561 g/mol. The summed E-state index contributed by atoms with van der Waals surface area (Å²) in [6.45, 7) is 9.35. The molecule has 0 spiro atoms. The molecule has 10 heteroatoms. The molecule has 2 heterocycles. The lowest BCUT2D eigenvalue weighted by molar-refractivity contribution is -0.132. The second-order valence-electron chi connectivity index (χ2n) is 10.9. The fourth-order valence-corrected chi connectivity index (χ4v) is 5.15. The van der Waals surface area contributed by atoms with Gasteiger partial charge in [-0.15, -0.1) is 0 Å². The standard InChI is InChI=1S/C31H44N8O2/c1-7-16-34-30-27(24(3)37(6)28-22-38(17-13-23(28)2)29(40)12-15-32)14-18-39(30)31(41)36(5)20-19-35(4)21-25-8-10-26(33)11-9-25/h7-11,14,16,18,23,28H,12-13,17,19-22,33H2,1-6H3/b16-7+,27-24+,34-30+. The van der Waals surface area contributed by atoms with Crippen LogP contribution in [0, 0.1) is 17.2 Å². The number of carbonyl (C=O) groups excluding carboxylic acids is 2. The van der Waals surface area contributed by atoms with E-state index < -0.39 is 0 Å². The van der Waals surface area contributed by atoms with Crippen molar-refractivity contribution in [2.75, 3.05) is 53.1 Å². The third-order valence-corrected chi connectivity index (χ3v) is 7.91. The van der Waals surface area contributed by atoms with Crippen LogP contribution in [-0.2, 0) is 11.3 Å². The van der Waals surface area contributed by atoms with Gasteiger partial charge in [-0.25, -0.2) is 9.79 Å². The number of likely N-dealkylation sites (N-methyl/N-ethyl adjacent to an activating group) is 3. The molecule has 0 radical (unpaired) electrons. The molecule has 1 aromatic carbocycles. The van der Waals surface area contributed by atoms with Crippen molar-refractivity contribution < 1.29 is 9.59 Å². The highest BCUT2D eigenvalue weighted by Crippen LogP contribution is 2.28. The summed E-state index contributed by atoms with van der Waals surface area (Å²) in [4.78, 5) is 40.1. The summed E-state index contributed by atoms with van der Waals surface area (Å²) in [5.74, 6) is 0.802. The van der Waals surface area contributed by atoms with Crippen LogP contribution in [-0.4, -0.2) is 95.6 Å². The summed E-state index contributed by atoms with van der Waals surface area (Å²) in [6, 6.07) is 9.72. The first-order valence-corrected chi connectivity index (χ1v) is 14.1. The van der Waals surface area contributed by atoms with Crippen molar-refractivity contribution in [3.63, 3.8) is 0 Å². The van der Waals surface area contributed by atoms with Crippen LogP contribution >= 0.6 is 0 Å². The van der Waals surface area contributed by atoms with Crippen molar-refractivity contribution >= 4 is 23.5 Å². The van der Waals surface area contributed by atoms with Gasteiger partial charge in [-0.05, 0) is 57.0 Å². The molecule has 0 saturated carbocycles. The molecule has 2 N–H and O–H groups in total. The van der Waals surface area contributed by atoms with Gasteiger partial charge in [0.05, 0.1) is 6.07 Å². The molecule has 3 rings (SSSR count). The number of nitriles is 1. The molecule has 220 valence electrons. The van der Waals surface area contributed by atoms with Gasteiger partial charge < -0.3 is 25.3 Å². The molecule has 1 saturated heterocycles. The largest absolute Gasteiger partial charge is 0.399 e. The Morgan fingerprint density at radius 2 is 1.90 bits per heavy atom. The molecule has 3 amide bonds. The molecule has 0 bridgehead atoms. The number of amides is 3. The van der Waals surface area contributed by atoms with Crippen LogP contribution in [0.3, 0.4) is 0 Å². The Morgan fingerprint density at radius 3 is 2.56 bits per heavy atom. The van der Waals surface area contributed by atoms with Crippen molar-refractivity contribution in [1.29, 1.82) is 5.26 Å². The molecule has 1 fully saturated rings. The number of allylic oxidation sites excluding steroid dienone is 2. The van der Waals surface area contributed by atoms with Crippen LogP contribution in [0.2, 0.25) is 0 Å². The Kier molecular flexibility index (Phi) is 11.1. The van der Waals surface area contributed by atoms with Gasteiger partial charge in [0, 0.05) is 82.2 Å². The van der Waals surface area contributed by atoms with E-state index in [1.807, 2.05) is 70.4 Å². The van der Waals surface area contributed by atoms with E-state index in [1.54, 1.807) is 34.1 Å². The molecule has 2 atom stereocenters. The lowest BCUT2D eigenvalue weighted by Gasteiger charge is -2.43. The van der Waals surface area contributed by atoms with Gasteiger partial charge in [-0.2, -0.15) is 5.26 Å². The number of carbonyl (C=O) groups is 2. The van der Waals surface area contributed by atoms with E-state index in [0.717, 1.165) is 35.5 Å². The summed E-state index contributed by atoms with van der Waals surface area (Å²) in [5, 5.41) is 8.98. The minimum absolute atomic E-state index is 0.0827. The number of anilines is 1. The molecule has 2 aliphatic heterocycles. The quantitative estimate of drug-likeness (QED) is 0.459. The van der Waals surface area contributed by atoms with Crippen molar-refractivity contribution in [3.8, 4) is 6.07 Å². The number of piperidine rings is 1. The topological polar surface area (TPSA) is 113 Å². The Labute approximate surface area is 244 Å². The van der Waals surface area contributed by atoms with E-state index in [4.69, 9.17) is 11.0 Å². The van der Waals surface area contributed by atoms with Gasteiger partial charge in [0.1, 0.15) is 12.3 Å². The number of benzene rings is 1. The molecule has 0 aromatic heterocycles. The summed E-state index contributed by atoms with van der Waals surface area (Å²) in [6.07, 6.45) is 8.00. The van der Waals surface area contributed by atoms with Crippen LogP contribution in [0.25, 0.3) is 0 Å². The molecule has 2 unspecified atom stereocenters. The van der Waals surface area contributed by atoms with E-state index in [1.165, 1.54) is 0 Å². The van der Waals surface area contributed by atoms with Crippen molar-refractivity contribution in [2.24, 2.45) is 10.9 Å². The molecule has 41 heavy (non-hydrogen) atoms. The van der Waals surface area contributed by atoms with Crippen molar-refractivity contribution in [3.05, 3.63) is 65.7 Å². The molecule has 0 aliphatic carbocycles. The normalized spacial score (nSPS) is 21.1. The highest BCUT2D eigenvalue weighted by molar-refractivity contribution is 6.12. The maximum absolute atomic E-state index is 13.6. The molecular formula is C31H44N8O2. The highest BCUT2D eigenvalue weighted by Gasteiger charge is 2.34. The van der Waals surface area contributed by atoms with Gasteiger partial charge in [0.2, 0.25) is 5.91 Å². The molecule has 1 aromatic rings. The van der Waals surface area contributed by atoms with Gasteiger partial charge in [0.25, 0.3) is 0 Å². The smallest absolute Gasteiger partial charge is 0.329 e. The van der Waals surface area contributed by atoms with E-state index in [9.17, 15) is 9.59 Å². The monoisotopic (exact) mass is 560 g/mol. The number of amidine groups is 1. The lowest BCUT2D eigenvalue weighted by Crippen LogP contribution is -2.52. The number of hydrogen-bond donors (Lipinski definition) is 1. The highest BCUT2D eigenvalue weighted by atomic mass is 16.2. The third-order valence-electron chi connectivity index (χ3n) is 7.91. The minimum atomic E-state index is -0.157. The number of nitrogens with two attached hydrogens (primary N) is 1. The van der Waals surface area contributed by atoms with Gasteiger partial charge in [0.15, 0.2) is 0 Å². The Balaban J connectivity index is 1.72. The zero-order valence-electron chi connectivity index (χ0n) is 25.2. The van der Waals surface area contributed by atoms with Crippen LogP contribution in [0.5, 0.6) is 0 Å². The number of likely N-dealkylation sites (tertiary alicyclic amines) is 1. The van der Waals surface area contributed by atoms with Gasteiger partial charge in [-0.1, -0.05) is 25.1 Å². The number of nitrogens with zero attached hydrogens (tertiary/aromatic N) is 7. The first kappa shape index (κ1) is 31.4. The van der Waals surface area contributed by atoms with E-state index in [0.29, 0.717) is 37.9 Å². The summed E-state index contributed by atoms with van der Waals surface area (Å²) in [5.41, 5.74) is 9.53. The molecule has 10 nitrogen and oxygen atoms in total. The Hall–Kier alpha value is -4.10. The maximum Gasteiger partial charge on any atom is 0.329 e. The third kappa shape index (κ3) is 7.98. The van der Waals surface area contributed by atoms with E-state index in [-0.39, 0.29) is 24.4 Å². The van der Waals surface area contributed by atoms with E-state index in [2.05, 4.69) is 21.7 Å². The van der Waals surface area contributed by atoms with E-state index >= 15 is 0 Å². The molecule has 2 aliphatic rings. The zero-order chi connectivity index (χ0) is 30.1. The fourth-order valence-electron chi connectivity index (χ4n) is 5.15. The summed E-state index contributed by atoms with van der Waals surface area (Å²) in [7, 11) is 5.86. The number of urea groups is 1. The van der Waals surface area contributed by atoms with Crippen LogP contribution in [0.15, 0.2) is 65.1 Å². The van der Waals surface area contributed by atoms with Crippen LogP contribution < -0.4 is 5.73 Å². The summed E-state index contributed by atoms with van der Waals surface area (Å²) < 4.78 is 0. The SMILES string of the molecule is C/C=C/N=C1\C(=C(/C)N(C)C2CN(C(=O)CC#N)CCC2C)C=CN1C(=O)N(C)CCN(C)Cc1ccc(N)cc1. The fraction of sp³-hybridized carbons (Fsp3) is 0.484. The first-order chi connectivity index (χ1) is 19.6. The number of rotatable bonds is 9. The van der Waals surface area contributed by atoms with Crippen molar-refractivity contribution in [1.82, 2.24) is 24.5 Å². The number of nitrogen functional groups attached to an aromatic ring is 1. The van der Waals surface area contributed by atoms with Gasteiger partial charge >= 0.3 is 6.03 Å². The average Bonchev–Trinajstić information content (AvgIpc) is 3.38. The second kappa shape index (κ2) is 14.5. The Morgan fingerprint density at radius 1 is 1.20 bits per heavy atom. The Bertz CT molecular complexity index is 1240. The van der Waals surface area contributed by atoms with Crippen LogP contribution in [0.4, 0.5) is 10.5 Å². The predicted molar refractivity (Wildman–Crippen MR) is 163 cm³/mol.